The number of allylic oxidation sites excluding steroid dienone is 2. The Bertz CT molecular complexity index is 576. The minimum atomic E-state index is -0.741. The highest BCUT2D eigenvalue weighted by atomic mass is 19.2. The lowest BCUT2D eigenvalue weighted by Gasteiger charge is -2.29. The summed E-state index contributed by atoms with van der Waals surface area (Å²) >= 11 is 0. The van der Waals surface area contributed by atoms with Crippen molar-refractivity contribution in [2.24, 2.45) is 17.8 Å². The molecule has 2 heteroatoms. The smallest absolute Gasteiger partial charge is 0.159 e. The highest BCUT2D eigenvalue weighted by molar-refractivity contribution is 5.22. The van der Waals surface area contributed by atoms with Gasteiger partial charge in [0.15, 0.2) is 11.6 Å². The van der Waals surface area contributed by atoms with Crippen molar-refractivity contribution in [2.75, 3.05) is 0 Å². The molecule has 2 saturated carbocycles. The molecule has 1 aromatic rings. The summed E-state index contributed by atoms with van der Waals surface area (Å²) in [6.07, 6.45) is 19.2. The lowest BCUT2D eigenvalue weighted by Crippen LogP contribution is -2.14. The maximum absolute atomic E-state index is 13.4. The normalized spacial score (nSPS) is 30.0. The van der Waals surface area contributed by atoms with Gasteiger partial charge >= 0.3 is 0 Å². The van der Waals surface area contributed by atoms with E-state index in [1.807, 2.05) is 0 Å². The molecule has 0 unspecified atom stereocenters. The van der Waals surface area contributed by atoms with Crippen molar-refractivity contribution in [1.82, 2.24) is 0 Å². The van der Waals surface area contributed by atoms with E-state index >= 15 is 0 Å². The average molecular weight is 361 g/mol. The molecule has 2 aliphatic carbocycles. The second-order valence-corrected chi connectivity index (χ2v) is 8.59. The maximum Gasteiger partial charge on any atom is 0.159 e. The first kappa shape index (κ1) is 19.6. The van der Waals surface area contributed by atoms with Crippen LogP contribution in [0.25, 0.3) is 0 Å². The predicted molar refractivity (Wildman–Crippen MR) is 105 cm³/mol. The van der Waals surface area contributed by atoms with Gasteiger partial charge in [-0.2, -0.15) is 0 Å². The number of hydrogen-bond donors (Lipinski definition) is 0. The van der Waals surface area contributed by atoms with Crippen molar-refractivity contribution in [3.05, 3.63) is 47.5 Å². The Kier molecular flexibility index (Phi) is 7.28. The molecule has 3 rings (SSSR count). The number of rotatable bonds is 6. The van der Waals surface area contributed by atoms with Crippen LogP contribution < -0.4 is 0 Å². The molecule has 0 N–H and O–H groups in total. The van der Waals surface area contributed by atoms with Crippen LogP contribution >= 0.6 is 0 Å². The van der Waals surface area contributed by atoms with Gasteiger partial charge in [-0.3, -0.25) is 0 Å². The summed E-state index contributed by atoms with van der Waals surface area (Å²) in [6, 6.07) is 4.43. The van der Waals surface area contributed by atoms with Gasteiger partial charge in [0.2, 0.25) is 0 Å². The van der Waals surface area contributed by atoms with E-state index in [-0.39, 0.29) is 0 Å². The quantitative estimate of drug-likeness (QED) is 0.454. The largest absolute Gasteiger partial charge is 0.204 e. The van der Waals surface area contributed by atoms with Crippen molar-refractivity contribution in [2.45, 2.75) is 83.5 Å². The third-order valence-electron chi connectivity index (χ3n) is 6.70. The zero-order valence-electron chi connectivity index (χ0n) is 16.2. The number of hydrogen-bond acceptors (Lipinski definition) is 0. The van der Waals surface area contributed by atoms with Gasteiger partial charge in [-0.25, -0.2) is 8.78 Å². The van der Waals surface area contributed by atoms with Crippen molar-refractivity contribution in [3.63, 3.8) is 0 Å². The number of halogens is 2. The van der Waals surface area contributed by atoms with Gasteiger partial charge in [0.25, 0.3) is 0 Å². The molecule has 26 heavy (non-hydrogen) atoms. The van der Waals surface area contributed by atoms with Crippen LogP contribution in [0.3, 0.4) is 0 Å². The Hall–Kier alpha value is -1.18. The van der Waals surface area contributed by atoms with Gasteiger partial charge in [0.05, 0.1) is 0 Å². The van der Waals surface area contributed by atoms with Crippen LogP contribution in [-0.4, -0.2) is 0 Å². The minimum absolute atomic E-state index is 0.392. The summed E-state index contributed by atoms with van der Waals surface area (Å²) in [4.78, 5) is 0. The van der Waals surface area contributed by atoms with Crippen molar-refractivity contribution < 1.29 is 8.78 Å². The van der Waals surface area contributed by atoms with Crippen molar-refractivity contribution in [1.29, 1.82) is 0 Å². The van der Waals surface area contributed by atoms with E-state index in [0.29, 0.717) is 11.8 Å². The van der Waals surface area contributed by atoms with E-state index in [0.717, 1.165) is 30.2 Å². The van der Waals surface area contributed by atoms with E-state index in [1.54, 1.807) is 6.07 Å². The molecule has 1 aromatic carbocycles. The third-order valence-corrected chi connectivity index (χ3v) is 6.70. The number of unbranched alkanes of at least 4 members (excludes halogenated alkanes) is 1. The summed E-state index contributed by atoms with van der Waals surface area (Å²) < 4.78 is 26.6. The lowest BCUT2D eigenvalue weighted by atomic mass is 9.77. The predicted octanol–water partition coefficient (Wildman–Crippen LogP) is 7.79. The van der Waals surface area contributed by atoms with E-state index < -0.39 is 11.6 Å². The first-order valence-corrected chi connectivity index (χ1v) is 10.8. The van der Waals surface area contributed by atoms with Crippen LogP contribution in [0.2, 0.25) is 0 Å². The highest BCUT2D eigenvalue weighted by Gasteiger charge is 2.23. The fourth-order valence-electron chi connectivity index (χ4n) is 4.89. The Balaban J connectivity index is 1.41. The topological polar surface area (TPSA) is 0 Å². The van der Waals surface area contributed by atoms with Crippen LogP contribution in [0.5, 0.6) is 0 Å². The van der Waals surface area contributed by atoms with Crippen molar-refractivity contribution in [3.8, 4) is 0 Å². The fourth-order valence-corrected chi connectivity index (χ4v) is 4.89. The molecule has 2 fully saturated rings. The van der Waals surface area contributed by atoms with E-state index in [9.17, 15) is 8.78 Å². The Morgan fingerprint density at radius 3 is 2.04 bits per heavy atom. The average Bonchev–Trinajstić information content (AvgIpc) is 2.68. The van der Waals surface area contributed by atoms with Crippen LogP contribution in [-0.2, 0) is 0 Å². The minimum Gasteiger partial charge on any atom is -0.204 e. The third kappa shape index (κ3) is 5.41. The van der Waals surface area contributed by atoms with Gasteiger partial charge in [0.1, 0.15) is 0 Å². The zero-order valence-corrected chi connectivity index (χ0v) is 16.2. The molecule has 0 heterocycles. The molecule has 0 aromatic heterocycles. The second-order valence-electron chi connectivity index (χ2n) is 8.59. The van der Waals surface area contributed by atoms with Crippen LogP contribution in [0.1, 0.15) is 89.0 Å². The zero-order chi connectivity index (χ0) is 18.4. The van der Waals surface area contributed by atoms with E-state index in [1.165, 1.54) is 69.9 Å². The van der Waals surface area contributed by atoms with Crippen LogP contribution in [0.15, 0.2) is 30.4 Å². The maximum atomic E-state index is 13.4. The van der Waals surface area contributed by atoms with Gasteiger partial charge in [0, 0.05) is 0 Å². The molecule has 0 nitrogen and oxygen atoms in total. The molecule has 0 bridgehead atoms. The molecule has 144 valence electrons. The van der Waals surface area contributed by atoms with E-state index in [2.05, 4.69) is 19.1 Å². The summed E-state index contributed by atoms with van der Waals surface area (Å²) in [5.74, 6) is 1.38. The SMILES string of the molecule is CCCCC1CCC(/C=C/C2CCC(c3ccc(F)c(F)c3)CC2)CC1. The molecular formula is C24H34F2. The van der Waals surface area contributed by atoms with Gasteiger partial charge < -0.3 is 0 Å². The second kappa shape index (κ2) is 9.67. The number of benzene rings is 1. The van der Waals surface area contributed by atoms with Gasteiger partial charge in [-0.1, -0.05) is 44.4 Å². The molecule has 0 spiro atoms. The Morgan fingerprint density at radius 1 is 0.846 bits per heavy atom. The molecule has 0 saturated heterocycles. The standard InChI is InChI=1S/C24H34F2/c1-2-3-4-18-5-7-19(8-6-18)9-10-20-11-13-21(14-12-20)22-15-16-23(25)24(26)17-22/h9-10,15-21H,2-8,11-14H2,1H3/b10-9+. The summed E-state index contributed by atoms with van der Waals surface area (Å²) in [7, 11) is 0. The monoisotopic (exact) mass is 360 g/mol. The molecule has 0 amide bonds. The van der Waals surface area contributed by atoms with Gasteiger partial charge in [-0.05, 0) is 92.7 Å². The first-order valence-electron chi connectivity index (χ1n) is 10.8. The summed E-state index contributed by atoms with van der Waals surface area (Å²) in [5.41, 5.74) is 0.969. The summed E-state index contributed by atoms with van der Waals surface area (Å²) in [5, 5.41) is 0. The highest BCUT2D eigenvalue weighted by Crippen LogP contribution is 2.38. The molecule has 0 aliphatic heterocycles. The lowest BCUT2D eigenvalue weighted by molar-refractivity contribution is 0.289. The van der Waals surface area contributed by atoms with Gasteiger partial charge in [-0.15, -0.1) is 0 Å². The van der Waals surface area contributed by atoms with Crippen LogP contribution in [0.4, 0.5) is 8.78 Å². The Labute approximate surface area is 158 Å². The molecule has 2 aliphatic rings. The molecule has 0 radical (unpaired) electrons. The summed E-state index contributed by atoms with van der Waals surface area (Å²) in [6.45, 7) is 2.29. The Morgan fingerprint density at radius 2 is 1.46 bits per heavy atom. The molecule has 0 atom stereocenters. The van der Waals surface area contributed by atoms with E-state index in [4.69, 9.17) is 0 Å². The molecular weight excluding hydrogens is 326 g/mol. The fraction of sp³-hybridized carbons (Fsp3) is 0.667. The van der Waals surface area contributed by atoms with Crippen LogP contribution in [0, 0.1) is 29.4 Å². The first-order chi connectivity index (χ1) is 12.7. The van der Waals surface area contributed by atoms with Crippen molar-refractivity contribution >= 4 is 0 Å².